The lowest BCUT2D eigenvalue weighted by Gasteiger charge is -2.35. The van der Waals surface area contributed by atoms with E-state index in [0.717, 1.165) is 0 Å². The van der Waals surface area contributed by atoms with Crippen molar-refractivity contribution in [1.82, 2.24) is 4.90 Å². The highest BCUT2D eigenvalue weighted by molar-refractivity contribution is 5.96. The van der Waals surface area contributed by atoms with E-state index in [1.165, 1.54) is 0 Å². The SMILES string of the molecule is C=CCN(C(=O)c1ccc(OC)c(N)c1)C(C)(C)C. The predicted octanol–water partition coefficient (Wildman–Crippen LogP) is 2.70. The van der Waals surface area contributed by atoms with Crippen LogP contribution < -0.4 is 10.5 Å². The molecule has 0 aliphatic carbocycles. The van der Waals surface area contributed by atoms with Crippen LogP contribution in [0.1, 0.15) is 31.1 Å². The fourth-order valence-corrected chi connectivity index (χ4v) is 1.81. The van der Waals surface area contributed by atoms with Crippen molar-refractivity contribution in [3.63, 3.8) is 0 Å². The zero-order valence-corrected chi connectivity index (χ0v) is 12.1. The number of methoxy groups -OCH3 is 1. The van der Waals surface area contributed by atoms with Gasteiger partial charge >= 0.3 is 0 Å². The first kappa shape index (κ1) is 15.1. The van der Waals surface area contributed by atoms with Crippen molar-refractivity contribution in [1.29, 1.82) is 0 Å². The highest BCUT2D eigenvalue weighted by atomic mass is 16.5. The van der Waals surface area contributed by atoms with Crippen molar-refractivity contribution in [3.05, 3.63) is 36.4 Å². The number of carbonyl (C=O) groups is 1. The fraction of sp³-hybridized carbons (Fsp3) is 0.400. The number of carbonyl (C=O) groups excluding carboxylic acids is 1. The summed E-state index contributed by atoms with van der Waals surface area (Å²) >= 11 is 0. The minimum absolute atomic E-state index is 0.0678. The largest absolute Gasteiger partial charge is 0.495 e. The molecular formula is C15H22N2O2. The Bertz CT molecular complexity index is 476. The van der Waals surface area contributed by atoms with E-state index >= 15 is 0 Å². The standard InChI is InChI=1S/C15H22N2O2/c1-6-9-17(15(2,3)4)14(18)11-7-8-13(19-5)12(16)10-11/h6-8,10H,1,9,16H2,2-5H3. The summed E-state index contributed by atoms with van der Waals surface area (Å²) < 4.78 is 5.09. The van der Waals surface area contributed by atoms with E-state index in [0.29, 0.717) is 23.5 Å². The van der Waals surface area contributed by atoms with Crippen LogP contribution in [0.2, 0.25) is 0 Å². The number of anilines is 1. The highest BCUT2D eigenvalue weighted by Crippen LogP contribution is 2.24. The molecule has 1 amide bonds. The molecule has 0 fully saturated rings. The zero-order chi connectivity index (χ0) is 14.6. The molecule has 0 aliphatic rings. The Balaban J connectivity index is 3.10. The van der Waals surface area contributed by atoms with Gasteiger partial charge in [0.1, 0.15) is 5.75 Å². The third kappa shape index (κ3) is 3.50. The van der Waals surface area contributed by atoms with Crippen LogP contribution in [0.4, 0.5) is 5.69 Å². The minimum atomic E-state index is -0.278. The van der Waals surface area contributed by atoms with Crippen LogP contribution in [0.15, 0.2) is 30.9 Å². The molecule has 104 valence electrons. The van der Waals surface area contributed by atoms with E-state index in [1.54, 1.807) is 36.3 Å². The van der Waals surface area contributed by atoms with Gasteiger partial charge in [0.15, 0.2) is 0 Å². The van der Waals surface area contributed by atoms with Gasteiger partial charge in [-0.3, -0.25) is 4.79 Å². The summed E-state index contributed by atoms with van der Waals surface area (Å²) in [5.74, 6) is 0.504. The van der Waals surface area contributed by atoms with Crippen LogP contribution >= 0.6 is 0 Å². The molecule has 4 nitrogen and oxygen atoms in total. The number of hydrogen-bond acceptors (Lipinski definition) is 3. The van der Waals surface area contributed by atoms with Gasteiger partial charge in [0.05, 0.1) is 12.8 Å². The Morgan fingerprint density at radius 3 is 2.53 bits per heavy atom. The van der Waals surface area contributed by atoms with Gasteiger partial charge in [-0.05, 0) is 39.0 Å². The van der Waals surface area contributed by atoms with Crippen molar-refractivity contribution < 1.29 is 9.53 Å². The Hall–Kier alpha value is -1.97. The molecule has 0 bridgehead atoms. The predicted molar refractivity (Wildman–Crippen MR) is 78.4 cm³/mol. The van der Waals surface area contributed by atoms with Crippen molar-refractivity contribution in [2.75, 3.05) is 19.4 Å². The van der Waals surface area contributed by atoms with Gasteiger partial charge < -0.3 is 15.4 Å². The van der Waals surface area contributed by atoms with Gasteiger partial charge in [0.25, 0.3) is 5.91 Å². The van der Waals surface area contributed by atoms with E-state index < -0.39 is 0 Å². The quantitative estimate of drug-likeness (QED) is 0.670. The molecule has 0 aromatic heterocycles. The van der Waals surface area contributed by atoms with Crippen molar-refractivity contribution in [3.8, 4) is 5.75 Å². The number of ether oxygens (including phenoxy) is 1. The molecule has 0 heterocycles. The van der Waals surface area contributed by atoms with Crippen LogP contribution in [-0.4, -0.2) is 30.0 Å². The molecule has 0 atom stereocenters. The molecule has 0 radical (unpaired) electrons. The zero-order valence-electron chi connectivity index (χ0n) is 12.1. The Morgan fingerprint density at radius 2 is 2.11 bits per heavy atom. The first-order valence-corrected chi connectivity index (χ1v) is 6.17. The Kier molecular flexibility index (Phi) is 4.59. The minimum Gasteiger partial charge on any atom is -0.495 e. The molecule has 1 aromatic rings. The monoisotopic (exact) mass is 262 g/mol. The third-order valence-corrected chi connectivity index (χ3v) is 2.84. The Labute approximate surface area is 114 Å². The van der Waals surface area contributed by atoms with Crippen LogP contribution in [0, 0.1) is 0 Å². The Morgan fingerprint density at radius 1 is 1.47 bits per heavy atom. The smallest absolute Gasteiger partial charge is 0.254 e. The lowest BCUT2D eigenvalue weighted by atomic mass is 10.0. The number of nitrogen functional groups attached to an aromatic ring is 1. The maximum absolute atomic E-state index is 12.5. The van der Waals surface area contributed by atoms with Gasteiger partial charge in [-0.15, -0.1) is 6.58 Å². The maximum atomic E-state index is 12.5. The summed E-state index contributed by atoms with van der Waals surface area (Å²) in [6, 6.07) is 5.07. The van der Waals surface area contributed by atoms with Crippen molar-refractivity contribution in [2.45, 2.75) is 26.3 Å². The van der Waals surface area contributed by atoms with E-state index in [1.807, 2.05) is 20.8 Å². The third-order valence-electron chi connectivity index (χ3n) is 2.84. The van der Waals surface area contributed by atoms with Gasteiger partial charge in [-0.2, -0.15) is 0 Å². The van der Waals surface area contributed by atoms with Gasteiger partial charge in [0.2, 0.25) is 0 Å². The number of amides is 1. The maximum Gasteiger partial charge on any atom is 0.254 e. The van der Waals surface area contributed by atoms with Crippen molar-refractivity contribution >= 4 is 11.6 Å². The first-order valence-electron chi connectivity index (χ1n) is 6.17. The molecule has 0 aliphatic heterocycles. The lowest BCUT2D eigenvalue weighted by Crippen LogP contribution is -2.45. The first-order chi connectivity index (χ1) is 8.81. The number of nitrogens with two attached hydrogens (primary N) is 1. The summed E-state index contributed by atoms with van der Waals surface area (Å²) in [7, 11) is 1.55. The normalized spacial score (nSPS) is 10.9. The van der Waals surface area contributed by atoms with Gasteiger partial charge in [-0.1, -0.05) is 6.08 Å². The van der Waals surface area contributed by atoms with Crippen LogP contribution in [0.3, 0.4) is 0 Å². The fourth-order valence-electron chi connectivity index (χ4n) is 1.81. The molecule has 1 aromatic carbocycles. The van der Waals surface area contributed by atoms with E-state index in [4.69, 9.17) is 10.5 Å². The van der Waals surface area contributed by atoms with E-state index in [-0.39, 0.29) is 11.4 Å². The number of nitrogens with zero attached hydrogens (tertiary/aromatic N) is 1. The topological polar surface area (TPSA) is 55.6 Å². The van der Waals surface area contributed by atoms with E-state index in [2.05, 4.69) is 6.58 Å². The van der Waals surface area contributed by atoms with Crippen LogP contribution in [0.25, 0.3) is 0 Å². The second-order valence-electron chi connectivity index (χ2n) is 5.33. The van der Waals surface area contributed by atoms with Crippen LogP contribution in [-0.2, 0) is 0 Å². The molecule has 1 rings (SSSR count). The number of hydrogen-bond donors (Lipinski definition) is 1. The average molecular weight is 262 g/mol. The molecule has 0 saturated heterocycles. The molecule has 0 spiro atoms. The highest BCUT2D eigenvalue weighted by Gasteiger charge is 2.26. The summed E-state index contributed by atoms with van der Waals surface area (Å²) in [5.41, 5.74) is 6.57. The molecule has 0 unspecified atom stereocenters. The summed E-state index contributed by atoms with van der Waals surface area (Å²) in [6.07, 6.45) is 1.72. The number of rotatable bonds is 4. The number of benzene rings is 1. The van der Waals surface area contributed by atoms with Gasteiger partial charge in [0, 0.05) is 17.6 Å². The molecule has 19 heavy (non-hydrogen) atoms. The van der Waals surface area contributed by atoms with Crippen molar-refractivity contribution in [2.24, 2.45) is 0 Å². The lowest BCUT2D eigenvalue weighted by molar-refractivity contribution is 0.0616. The molecular weight excluding hydrogens is 240 g/mol. The summed E-state index contributed by atoms with van der Waals surface area (Å²) in [5, 5.41) is 0. The van der Waals surface area contributed by atoms with Crippen LogP contribution in [0.5, 0.6) is 5.75 Å². The second kappa shape index (κ2) is 5.78. The van der Waals surface area contributed by atoms with E-state index in [9.17, 15) is 4.79 Å². The second-order valence-corrected chi connectivity index (χ2v) is 5.33. The average Bonchev–Trinajstić information content (AvgIpc) is 2.33. The van der Waals surface area contributed by atoms with Gasteiger partial charge in [-0.25, -0.2) is 0 Å². The summed E-state index contributed by atoms with van der Waals surface area (Å²) in [6.45, 7) is 10.2. The molecule has 2 N–H and O–H groups in total. The molecule has 0 saturated carbocycles. The summed E-state index contributed by atoms with van der Waals surface area (Å²) in [4.78, 5) is 14.3. The molecule has 4 heteroatoms.